The smallest absolute Gasteiger partial charge is 0.338 e. The molecule has 6 heteroatoms. The summed E-state index contributed by atoms with van der Waals surface area (Å²) in [4.78, 5) is 12.3. The molecule has 0 bridgehead atoms. The highest BCUT2D eigenvalue weighted by atomic mass is 32.2. The average Bonchev–Trinajstić information content (AvgIpc) is 2.93. The van der Waals surface area contributed by atoms with E-state index in [0.29, 0.717) is 42.7 Å². The van der Waals surface area contributed by atoms with Crippen LogP contribution >= 0.6 is 0 Å². The number of nitrogens with zero attached hydrogens (tertiary/aromatic N) is 1. The standard InChI is InChI=1S/C18H23NO4S/c1-14-6-2-3-7-16(14)13-23-18(20)15-8-4-9-17(12-15)19-10-5-11-24(19,21)22/h2-4,8-9,12,14,16H,5-7,10-11,13H2,1H3. The molecule has 130 valence electrons. The molecule has 1 heterocycles. The summed E-state index contributed by atoms with van der Waals surface area (Å²) in [5.41, 5.74) is 0.935. The zero-order valence-electron chi connectivity index (χ0n) is 13.8. The Morgan fingerprint density at radius 3 is 2.79 bits per heavy atom. The molecular weight excluding hydrogens is 326 g/mol. The second kappa shape index (κ2) is 6.97. The van der Waals surface area contributed by atoms with E-state index in [2.05, 4.69) is 19.1 Å². The van der Waals surface area contributed by atoms with E-state index in [0.717, 1.165) is 12.8 Å². The molecule has 1 aliphatic heterocycles. The molecule has 2 atom stereocenters. The van der Waals surface area contributed by atoms with Crippen LogP contribution < -0.4 is 4.31 Å². The van der Waals surface area contributed by atoms with Crippen LogP contribution in [0.25, 0.3) is 0 Å². The van der Waals surface area contributed by atoms with Gasteiger partial charge in [0.25, 0.3) is 0 Å². The first-order valence-corrected chi connectivity index (χ1v) is 10.0. The van der Waals surface area contributed by atoms with Crippen LogP contribution in [0.3, 0.4) is 0 Å². The van der Waals surface area contributed by atoms with Crippen molar-refractivity contribution in [1.29, 1.82) is 0 Å². The van der Waals surface area contributed by atoms with Gasteiger partial charge < -0.3 is 4.74 Å². The molecule has 0 N–H and O–H groups in total. The van der Waals surface area contributed by atoms with Crippen LogP contribution in [0.5, 0.6) is 0 Å². The number of carbonyl (C=O) groups is 1. The average molecular weight is 349 g/mol. The normalized spacial score (nSPS) is 25.6. The van der Waals surface area contributed by atoms with Crippen LogP contribution in [-0.2, 0) is 14.8 Å². The van der Waals surface area contributed by atoms with Gasteiger partial charge in [-0.3, -0.25) is 4.31 Å². The molecule has 0 aromatic heterocycles. The molecular formula is C18H23NO4S. The van der Waals surface area contributed by atoms with E-state index in [4.69, 9.17) is 4.74 Å². The monoisotopic (exact) mass is 349 g/mol. The maximum absolute atomic E-state index is 12.3. The van der Waals surface area contributed by atoms with E-state index in [1.807, 2.05) is 0 Å². The molecule has 1 saturated heterocycles. The molecule has 1 aromatic carbocycles. The minimum atomic E-state index is -3.25. The SMILES string of the molecule is CC1CC=CCC1COC(=O)c1cccc(N2CCCS2(=O)=O)c1. The Kier molecular flexibility index (Phi) is 4.94. The van der Waals surface area contributed by atoms with E-state index in [-0.39, 0.29) is 5.75 Å². The van der Waals surface area contributed by atoms with Crippen molar-refractivity contribution in [1.82, 2.24) is 0 Å². The molecule has 5 nitrogen and oxygen atoms in total. The highest BCUT2D eigenvalue weighted by Gasteiger charge is 2.29. The molecule has 2 unspecified atom stereocenters. The van der Waals surface area contributed by atoms with E-state index < -0.39 is 16.0 Å². The van der Waals surface area contributed by atoms with Gasteiger partial charge >= 0.3 is 5.97 Å². The molecule has 1 aromatic rings. The third-order valence-electron chi connectivity index (χ3n) is 4.82. The first kappa shape index (κ1) is 17.0. The van der Waals surface area contributed by atoms with Gasteiger partial charge in [-0.05, 0) is 49.3 Å². The largest absolute Gasteiger partial charge is 0.462 e. The van der Waals surface area contributed by atoms with E-state index in [1.165, 1.54) is 4.31 Å². The number of ether oxygens (including phenoxy) is 1. The van der Waals surface area contributed by atoms with Crippen LogP contribution in [0.2, 0.25) is 0 Å². The summed E-state index contributed by atoms with van der Waals surface area (Å²) in [6, 6.07) is 6.69. The molecule has 0 amide bonds. The van der Waals surface area contributed by atoms with Gasteiger partial charge in [-0.25, -0.2) is 13.2 Å². The Morgan fingerprint density at radius 2 is 2.08 bits per heavy atom. The summed E-state index contributed by atoms with van der Waals surface area (Å²) in [6.07, 6.45) is 6.87. The Labute approximate surface area is 143 Å². The van der Waals surface area contributed by atoms with Crippen LogP contribution in [0.4, 0.5) is 5.69 Å². The Hall–Kier alpha value is -1.82. The number of hydrogen-bond donors (Lipinski definition) is 0. The summed E-state index contributed by atoms with van der Waals surface area (Å²) in [6.45, 7) is 3.03. The second-order valence-electron chi connectivity index (χ2n) is 6.57. The van der Waals surface area contributed by atoms with Crippen molar-refractivity contribution >= 4 is 21.7 Å². The van der Waals surface area contributed by atoms with E-state index in [9.17, 15) is 13.2 Å². The van der Waals surface area contributed by atoms with Crippen molar-refractivity contribution in [3.05, 3.63) is 42.0 Å². The lowest BCUT2D eigenvalue weighted by Gasteiger charge is -2.24. The summed E-state index contributed by atoms with van der Waals surface area (Å²) in [7, 11) is -3.25. The quantitative estimate of drug-likeness (QED) is 0.619. The second-order valence-corrected chi connectivity index (χ2v) is 8.58. The van der Waals surface area contributed by atoms with Gasteiger partial charge in [0, 0.05) is 6.54 Å². The summed E-state index contributed by atoms with van der Waals surface area (Å²) < 4.78 is 30.9. The van der Waals surface area contributed by atoms with Crippen LogP contribution in [0.1, 0.15) is 36.5 Å². The maximum Gasteiger partial charge on any atom is 0.338 e. The number of allylic oxidation sites excluding steroid dienone is 2. The number of carbonyl (C=O) groups excluding carboxylic acids is 1. The lowest BCUT2D eigenvalue weighted by Crippen LogP contribution is -2.25. The van der Waals surface area contributed by atoms with Crippen molar-refractivity contribution in [2.75, 3.05) is 23.2 Å². The summed E-state index contributed by atoms with van der Waals surface area (Å²) >= 11 is 0. The van der Waals surface area contributed by atoms with Crippen LogP contribution in [0.15, 0.2) is 36.4 Å². The fourth-order valence-corrected chi connectivity index (χ4v) is 4.78. The zero-order chi connectivity index (χ0) is 17.2. The van der Waals surface area contributed by atoms with Crippen molar-refractivity contribution in [3.63, 3.8) is 0 Å². The Morgan fingerprint density at radius 1 is 1.29 bits per heavy atom. The minimum absolute atomic E-state index is 0.161. The van der Waals surface area contributed by atoms with Gasteiger partial charge in [0.2, 0.25) is 10.0 Å². The molecule has 0 saturated carbocycles. The number of rotatable bonds is 4. The fraction of sp³-hybridized carbons (Fsp3) is 0.500. The lowest BCUT2D eigenvalue weighted by atomic mass is 9.85. The Bertz CT molecular complexity index is 741. The lowest BCUT2D eigenvalue weighted by molar-refractivity contribution is 0.0395. The molecule has 0 spiro atoms. The Balaban J connectivity index is 1.67. The van der Waals surface area contributed by atoms with Gasteiger partial charge in [0.1, 0.15) is 0 Å². The molecule has 1 aliphatic carbocycles. The van der Waals surface area contributed by atoms with Crippen molar-refractivity contribution in [2.45, 2.75) is 26.2 Å². The molecule has 1 fully saturated rings. The van der Waals surface area contributed by atoms with Gasteiger partial charge in [-0.15, -0.1) is 0 Å². The number of anilines is 1. The van der Waals surface area contributed by atoms with Crippen LogP contribution in [0, 0.1) is 11.8 Å². The third-order valence-corrected chi connectivity index (χ3v) is 6.69. The van der Waals surface area contributed by atoms with Crippen LogP contribution in [-0.4, -0.2) is 33.3 Å². The van der Waals surface area contributed by atoms with Crippen molar-refractivity contribution < 1.29 is 17.9 Å². The predicted molar refractivity (Wildman–Crippen MR) is 93.5 cm³/mol. The zero-order valence-corrected chi connectivity index (χ0v) is 14.7. The molecule has 24 heavy (non-hydrogen) atoms. The summed E-state index contributed by atoms with van der Waals surface area (Å²) in [5.74, 6) is 0.620. The first-order chi connectivity index (χ1) is 11.5. The number of hydrogen-bond acceptors (Lipinski definition) is 4. The van der Waals surface area contributed by atoms with E-state index in [1.54, 1.807) is 24.3 Å². The first-order valence-electron chi connectivity index (χ1n) is 8.40. The minimum Gasteiger partial charge on any atom is -0.462 e. The fourth-order valence-electron chi connectivity index (χ4n) is 3.22. The van der Waals surface area contributed by atoms with Gasteiger partial charge in [-0.2, -0.15) is 0 Å². The number of sulfonamides is 1. The van der Waals surface area contributed by atoms with Gasteiger partial charge in [0.05, 0.1) is 23.6 Å². The number of esters is 1. The van der Waals surface area contributed by atoms with E-state index >= 15 is 0 Å². The van der Waals surface area contributed by atoms with Gasteiger partial charge in [0.15, 0.2) is 0 Å². The summed E-state index contributed by atoms with van der Waals surface area (Å²) in [5, 5.41) is 0. The molecule has 0 radical (unpaired) electrons. The number of benzene rings is 1. The highest BCUT2D eigenvalue weighted by Crippen LogP contribution is 2.27. The highest BCUT2D eigenvalue weighted by molar-refractivity contribution is 7.93. The van der Waals surface area contributed by atoms with Gasteiger partial charge in [-0.1, -0.05) is 25.1 Å². The van der Waals surface area contributed by atoms with Crippen molar-refractivity contribution in [3.8, 4) is 0 Å². The third kappa shape index (κ3) is 3.64. The topological polar surface area (TPSA) is 63.7 Å². The molecule has 3 rings (SSSR count). The molecule has 2 aliphatic rings. The van der Waals surface area contributed by atoms with Crippen molar-refractivity contribution in [2.24, 2.45) is 11.8 Å². The maximum atomic E-state index is 12.3. The predicted octanol–water partition coefficient (Wildman–Crippen LogP) is 2.99.